The van der Waals surface area contributed by atoms with Gasteiger partial charge in [0.2, 0.25) is 17.6 Å². The Balaban J connectivity index is 1.40. The summed E-state index contributed by atoms with van der Waals surface area (Å²) >= 11 is 0. The first-order chi connectivity index (χ1) is 13.8. The van der Waals surface area contributed by atoms with Crippen molar-refractivity contribution in [1.82, 2.24) is 25.3 Å². The minimum absolute atomic E-state index is 0.0490. The largest absolute Gasteiger partial charge is 0.444 e. The number of hydrogen-bond acceptors (Lipinski definition) is 7. The third kappa shape index (κ3) is 6.27. The lowest BCUT2D eigenvalue weighted by Crippen LogP contribution is -2.47. The SMILES string of the molecule is CC(C)(C)OC(=O)N1CCC(NC(=O)CCc2nc(-c3ccccn3)no2)CC1. The molecule has 0 aliphatic carbocycles. The van der Waals surface area contributed by atoms with Gasteiger partial charge in [-0.3, -0.25) is 9.78 Å². The maximum Gasteiger partial charge on any atom is 0.410 e. The molecule has 2 aromatic heterocycles. The molecule has 2 aromatic rings. The molecular formula is C20H27N5O4. The Morgan fingerprint density at radius 1 is 1.28 bits per heavy atom. The van der Waals surface area contributed by atoms with Crippen LogP contribution in [0.15, 0.2) is 28.9 Å². The van der Waals surface area contributed by atoms with Gasteiger partial charge in [-0.15, -0.1) is 0 Å². The summed E-state index contributed by atoms with van der Waals surface area (Å²) in [5.41, 5.74) is 0.122. The molecule has 3 rings (SSSR count). The molecule has 156 valence electrons. The number of pyridine rings is 1. The predicted molar refractivity (Wildman–Crippen MR) is 105 cm³/mol. The van der Waals surface area contributed by atoms with Crippen LogP contribution in [0.2, 0.25) is 0 Å². The van der Waals surface area contributed by atoms with E-state index in [4.69, 9.17) is 9.26 Å². The molecule has 2 amide bonds. The van der Waals surface area contributed by atoms with Gasteiger partial charge in [-0.25, -0.2) is 4.79 Å². The average Bonchev–Trinajstić information content (AvgIpc) is 3.15. The Hall–Kier alpha value is -2.97. The first-order valence-corrected chi connectivity index (χ1v) is 9.81. The third-order valence-corrected chi connectivity index (χ3v) is 4.44. The van der Waals surface area contributed by atoms with Crippen LogP contribution in [0.4, 0.5) is 4.79 Å². The molecule has 0 radical (unpaired) electrons. The van der Waals surface area contributed by atoms with E-state index < -0.39 is 5.60 Å². The highest BCUT2D eigenvalue weighted by atomic mass is 16.6. The molecule has 9 nitrogen and oxygen atoms in total. The van der Waals surface area contributed by atoms with Gasteiger partial charge in [-0.2, -0.15) is 4.98 Å². The molecule has 0 spiro atoms. The number of nitrogens with one attached hydrogen (secondary N) is 1. The quantitative estimate of drug-likeness (QED) is 0.820. The van der Waals surface area contributed by atoms with Crippen LogP contribution in [-0.4, -0.2) is 56.8 Å². The van der Waals surface area contributed by atoms with E-state index >= 15 is 0 Å². The monoisotopic (exact) mass is 401 g/mol. The molecule has 0 atom stereocenters. The maximum atomic E-state index is 12.2. The van der Waals surface area contributed by atoms with Crippen LogP contribution < -0.4 is 5.32 Å². The van der Waals surface area contributed by atoms with E-state index in [1.807, 2.05) is 32.9 Å². The van der Waals surface area contributed by atoms with Crippen molar-refractivity contribution in [3.63, 3.8) is 0 Å². The van der Waals surface area contributed by atoms with Crippen molar-refractivity contribution in [2.75, 3.05) is 13.1 Å². The Bertz CT molecular complexity index is 823. The smallest absolute Gasteiger partial charge is 0.410 e. The van der Waals surface area contributed by atoms with Crippen LogP contribution in [0, 0.1) is 0 Å². The molecule has 1 aliphatic rings. The fourth-order valence-electron chi connectivity index (χ4n) is 3.01. The van der Waals surface area contributed by atoms with Crippen molar-refractivity contribution < 1.29 is 18.8 Å². The van der Waals surface area contributed by atoms with Crippen LogP contribution in [0.5, 0.6) is 0 Å². The number of hydrogen-bond donors (Lipinski definition) is 1. The van der Waals surface area contributed by atoms with Gasteiger partial charge in [0.15, 0.2) is 0 Å². The van der Waals surface area contributed by atoms with E-state index in [0.29, 0.717) is 49.8 Å². The number of ether oxygens (including phenoxy) is 1. The van der Waals surface area contributed by atoms with Crippen molar-refractivity contribution in [3.05, 3.63) is 30.3 Å². The lowest BCUT2D eigenvalue weighted by molar-refractivity contribution is -0.122. The molecule has 1 fully saturated rings. The third-order valence-electron chi connectivity index (χ3n) is 4.44. The minimum Gasteiger partial charge on any atom is -0.444 e. The summed E-state index contributed by atoms with van der Waals surface area (Å²) < 4.78 is 10.6. The maximum absolute atomic E-state index is 12.2. The number of amides is 2. The van der Waals surface area contributed by atoms with Crippen molar-refractivity contribution in [3.8, 4) is 11.5 Å². The zero-order valence-electron chi connectivity index (χ0n) is 17.1. The molecule has 1 aliphatic heterocycles. The second kappa shape index (κ2) is 9.02. The predicted octanol–water partition coefficient (Wildman–Crippen LogP) is 2.58. The lowest BCUT2D eigenvalue weighted by Gasteiger charge is -2.33. The molecule has 0 aromatic carbocycles. The number of piperidine rings is 1. The number of rotatable bonds is 5. The van der Waals surface area contributed by atoms with Gasteiger partial charge in [0.1, 0.15) is 11.3 Å². The Morgan fingerprint density at radius 2 is 2.03 bits per heavy atom. The van der Waals surface area contributed by atoms with Gasteiger partial charge >= 0.3 is 6.09 Å². The zero-order valence-corrected chi connectivity index (χ0v) is 17.1. The first-order valence-electron chi connectivity index (χ1n) is 9.81. The van der Waals surface area contributed by atoms with Gasteiger partial charge in [-0.05, 0) is 45.7 Å². The second-order valence-corrected chi connectivity index (χ2v) is 8.04. The van der Waals surface area contributed by atoms with Gasteiger partial charge in [-0.1, -0.05) is 11.2 Å². The van der Waals surface area contributed by atoms with E-state index in [-0.39, 0.29) is 24.5 Å². The highest BCUT2D eigenvalue weighted by Crippen LogP contribution is 2.16. The van der Waals surface area contributed by atoms with E-state index in [1.54, 1.807) is 17.2 Å². The lowest BCUT2D eigenvalue weighted by atomic mass is 10.1. The van der Waals surface area contributed by atoms with E-state index in [2.05, 4.69) is 20.4 Å². The van der Waals surface area contributed by atoms with Crippen molar-refractivity contribution in [2.45, 2.75) is 58.1 Å². The highest BCUT2D eigenvalue weighted by molar-refractivity contribution is 5.76. The van der Waals surface area contributed by atoms with E-state index in [0.717, 1.165) is 0 Å². The number of carbonyl (C=O) groups is 2. The zero-order chi connectivity index (χ0) is 20.9. The van der Waals surface area contributed by atoms with Crippen LogP contribution in [0.3, 0.4) is 0 Å². The van der Waals surface area contributed by atoms with Gasteiger partial charge in [0.25, 0.3) is 0 Å². The normalized spacial score (nSPS) is 15.2. The van der Waals surface area contributed by atoms with Crippen molar-refractivity contribution >= 4 is 12.0 Å². The van der Waals surface area contributed by atoms with Crippen molar-refractivity contribution in [1.29, 1.82) is 0 Å². The highest BCUT2D eigenvalue weighted by Gasteiger charge is 2.27. The van der Waals surface area contributed by atoms with E-state index in [9.17, 15) is 9.59 Å². The fraction of sp³-hybridized carbons (Fsp3) is 0.550. The molecule has 3 heterocycles. The second-order valence-electron chi connectivity index (χ2n) is 8.04. The summed E-state index contributed by atoms with van der Waals surface area (Å²) in [6, 6.07) is 5.51. The molecule has 9 heteroatoms. The van der Waals surface area contributed by atoms with Gasteiger partial charge in [0.05, 0.1) is 0 Å². The number of nitrogens with zero attached hydrogens (tertiary/aromatic N) is 4. The van der Waals surface area contributed by atoms with Gasteiger partial charge in [0, 0.05) is 38.2 Å². The summed E-state index contributed by atoms with van der Waals surface area (Å²) in [5, 5.41) is 6.92. The Kier molecular flexibility index (Phi) is 6.46. The molecule has 29 heavy (non-hydrogen) atoms. The Labute approximate surface area is 169 Å². The molecule has 0 bridgehead atoms. The first kappa shape index (κ1) is 20.8. The van der Waals surface area contributed by atoms with Gasteiger partial charge < -0.3 is 19.5 Å². The number of aromatic nitrogens is 3. The van der Waals surface area contributed by atoms with Crippen LogP contribution in [0.25, 0.3) is 11.5 Å². The van der Waals surface area contributed by atoms with Crippen molar-refractivity contribution in [2.24, 2.45) is 0 Å². The summed E-state index contributed by atoms with van der Waals surface area (Å²) in [6.45, 7) is 6.68. The molecular weight excluding hydrogens is 374 g/mol. The van der Waals surface area contributed by atoms with E-state index in [1.165, 1.54) is 0 Å². The summed E-state index contributed by atoms with van der Waals surface area (Å²) in [7, 11) is 0. The molecule has 1 saturated heterocycles. The number of likely N-dealkylation sites (tertiary alicyclic amines) is 1. The van der Waals surface area contributed by atoms with Crippen LogP contribution in [0.1, 0.15) is 45.9 Å². The molecule has 0 saturated carbocycles. The number of aryl methyl sites for hydroxylation is 1. The molecule has 1 N–H and O–H groups in total. The topological polar surface area (TPSA) is 110 Å². The summed E-state index contributed by atoms with van der Waals surface area (Å²) in [6.07, 6.45) is 3.39. The minimum atomic E-state index is -0.507. The standard InChI is InChI=1S/C20H27N5O4/c1-20(2,3)28-19(27)25-12-9-14(10-13-25)22-16(26)7-8-17-23-18(24-29-17)15-6-4-5-11-21-15/h4-6,11,14H,7-10,12-13H2,1-3H3,(H,22,26). The fourth-order valence-corrected chi connectivity index (χ4v) is 3.01. The van der Waals surface area contributed by atoms with Crippen LogP contribution >= 0.6 is 0 Å². The number of carbonyl (C=O) groups excluding carboxylic acids is 2. The average molecular weight is 401 g/mol. The molecule has 0 unspecified atom stereocenters. The summed E-state index contributed by atoms with van der Waals surface area (Å²) in [5.74, 6) is 0.745. The summed E-state index contributed by atoms with van der Waals surface area (Å²) in [4.78, 5) is 34.5. The van der Waals surface area contributed by atoms with Crippen LogP contribution in [-0.2, 0) is 16.0 Å². The Morgan fingerprint density at radius 3 is 2.69 bits per heavy atom.